The van der Waals surface area contributed by atoms with Crippen LogP contribution in [0.3, 0.4) is 0 Å². The molecule has 0 radical (unpaired) electrons. The lowest BCUT2D eigenvalue weighted by molar-refractivity contribution is -0.384. The molecule has 0 saturated carbocycles. The summed E-state index contributed by atoms with van der Waals surface area (Å²) in [4.78, 5) is 32.9. The summed E-state index contributed by atoms with van der Waals surface area (Å²) in [6, 6.07) is 4.89. The number of nitro groups is 1. The highest BCUT2D eigenvalue weighted by Gasteiger charge is 2.39. The van der Waals surface area contributed by atoms with Gasteiger partial charge in [-0.05, 0) is 32.9 Å². The van der Waals surface area contributed by atoms with Crippen LogP contribution >= 0.6 is 0 Å². The number of non-ortho nitro benzene ring substituents is 1. The molecule has 1 rings (SSSR count). The van der Waals surface area contributed by atoms with Crippen LogP contribution in [-0.2, 0) is 20.1 Å². The quantitative estimate of drug-likeness (QED) is 0.393. The topological polar surface area (TPSA) is 116 Å². The van der Waals surface area contributed by atoms with Crippen molar-refractivity contribution in [2.24, 2.45) is 5.41 Å². The third-order valence-corrected chi connectivity index (χ3v) is 2.78. The van der Waals surface area contributed by atoms with Crippen molar-refractivity contribution in [2.75, 3.05) is 0 Å². The van der Waals surface area contributed by atoms with E-state index in [1.807, 2.05) is 0 Å². The zero-order valence-corrected chi connectivity index (χ0v) is 12.7. The van der Waals surface area contributed by atoms with Crippen molar-refractivity contribution >= 4 is 17.8 Å². The number of esters is 1. The van der Waals surface area contributed by atoms with Crippen LogP contribution in [0.25, 0.3) is 0 Å². The molecule has 1 unspecified atom stereocenters. The molecule has 22 heavy (non-hydrogen) atoms. The normalized spacial score (nSPS) is 13.8. The number of carboxylic acid groups (broad SMARTS) is 1. The number of carbonyl (C=O) groups excluding carboxylic acids is 1. The lowest BCUT2D eigenvalue weighted by Crippen LogP contribution is -2.38. The fourth-order valence-corrected chi connectivity index (χ4v) is 1.52. The first kappa shape index (κ1) is 17.4. The van der Waals surface area contributed by atoms with Crippen LogP contribution in [0.15, 0.2) is 24.3 Å². The fraction of sp³-hybridized carbons (Fsp3) is 0.429. The number of nitrogens with zero attached hydrogens (tertiary/aromatic N) is 1. The highest BCUT2D eigenvalue weighted by Crippen LogP contribution is 2.31. The molecule has 0 aromatic heterocycles. The van der Waals surface area contributed by atoms with Crippen LogP contribution in [0.2, 0.25) is 0 Å². The van der Waals surface area contributed by atoms with Crippen LogP contribution in [0.5, 0.6) is 0 Å². The van der Waals surface area contributed by atoms with Gasteiger partial charge in [0.15, 0.2) is 0 Å². The van der Waals surface area contributed by atoms with Gasteiger partial charge in [0, 0.05) is 24.6 Å². The monoisotopic (exact) mass is 311 g/mol. The molecule has 1 aromatic carbocycles. The van der Waals surface area contributed by atoms with E-state index in [1.165, 1.54) is 31.2 Å². The van der Waals surface area contributed by atoms with Crippen molar-refractivity contribution in [1.29, 1.82) is 0 Å². The van der Waals surface area contributed by atoms with Gasteiger partial charge >= 0.3 is 12.1 Å². The average molecular weight is 311 g/mol. The van der Waals surface area contributed by atoms with E-state index >= 15 is 0 Å². The van der Waals surface area contributed by atoms with E-state index in [-0.39, 0.29) is 11.3 Å². The van der Waals surface area contributed by atoms with Crippen LogP contribution in [0.4, 0.5) is 10.5 Å². The number of nitro benzene ring substituents is 1. The second-order valence-corrected chi connectivity index (χ2v) is 5.76. The van der Waals surface area contributed by atoms with Crippen molar-refractivity contribution in [3.05, 3.63) is 39.9 Å². The van der Waals surface area contributed by atoms with Crippen molar-refractivity contribution in [1.82, 2.24) is 0 Å². The number of carbonyl (C=O) groups is 2. The van der Waals surface area contributed by atoms with Crippen LogP contribution in [0.1, 0.15) is 33.3 Å². The summed E-state index contributed by atoms with van der Waals surface area (Å²) in [7, 11) is 0. The molecular formula is C14H17NO7. The van der Waals surface area contributed by atoms with Gasteiger partial charge in [-0.3, -0.25) is 14.9 Å². The van der Waals surface area contributed by atoms with Gasteiger partial charge in [-0.25, -0.2) is 4.79 Å². The van der Waals surface area contributed by atoms with E-state index in [2.05, 4.69) is 0 Å². The van der Waals surface area contributed by atoms with Gasteiger partial charge in [0.25, 0.3) is 11.5 Å². The molecule has 0 spiro atoms. The van der Waals surface area contributed by atoms with Gasteiger partial charge in [-0.2, -0.15) is 0 Å². The molecule has 8 nitrogen and oxygen atoms in total. The van der Waals surface area contributed by atoms with E-state index in [1.54, 1.807) is 20.8 Å². The zero-order chi connectivity index (χ0) is 17.1. The Hall–Kier alpha value is -2.64. The molecule has 0 heterocycles. The Morgan fingerprint density at radius 3 is 1.95 bits per heavy atom. The molecule has 120 valence electrons. The minimum absolute atomic E-state index is 0.165. The first-order chi connectivity index (χ1) is 9.95. The van der Waals surface area contributed by atoms with Crippen LogP contribution in [0, 0.1) is 15.5 Å². The number of hydrogen-bond donors (Lipinski definition) is 1. The second-order valence-electron chi connectivity index (χ2n) is 5.76. The molecule has 0 fully saturated rings. The van der Waals surface area contributed by atoms with Crippen molar-refractivity contribution < 1.29 is 29.1 Å². The highest BCUT2D eigenvalue weighted by molar-refractivity contribution is 5.76. The molecular weight excluding hydrogens is 294 g/mol. The lowest BCUT2D eigenvalue weighted by Gasteiger charge is -2.31. The van der Waals surface area contributed by atoms with E-state index in [9.17, 15) is 19.7 Å². The Morgan fingerprint density at radius 1 is 1.09 bits per heavy atom. The minimum Gasteiger partial charge on any atom is -0.450 e. The summed E-state index contributed by atoms with van der Waals surface area (Å²) < 4.78 is 9.88. The fourth-order valence-electron chi connectivity index (χ4n) is 1.52. The Balaban J connectivity index is 3.18. The number of hydrogen-bond acceptors (Lipinski definition) is 6. The van der Waals surface area contributed by atoms with Gasteiger partial charge in [0.2, 0.25) is 0 Å². The standard InChI is InChI=1S/C14H17NO7/c1-13(2,3)11(16)21-14(4,22-12(17)18)9-5-7-10(8-6-9)15(19)20/h5-8H,1-4H3,(H,17,18). The summed E-state index contributed by atoms with van der Waals surface area (Å²) in [5, 5.41) is 19.5. The summed E-state index contributed by atoms with van der Waals surface area (Å²) in [5.74, 6) is -2.57. The largest absolute Gasteiger partial charge is 0.509 e. The molecule has 0 aliphatic rings. The van der Waals surface area contributed by atoms with Crippen LogP contribution < -0.4 is 0 Å². The van der Waals surface area contributed by atoms with Gasteiger partial charge in [-0.1, -0.05) is 0 Å². The Labute approximate surface area is 126 Å². The molecule has 1 aromatic rings. The Kier molecular flexibility index (Phi) is 4.75. The Bertz CT molecular complexity index is 588. The predicted octanol–water partition coefficient (Wildman–Crippen LogP) is 3.05. The smallest absolute Gasteiger partial charge is 0.450 e. The maximum Gasteiger partial charge on any atom is 0.509 e. The minimum atomic E-state index is -1.90. The molecule has 0 bridgehead atoms. The van der Waals surface area contributed by atoms with E-state index in [4.69, 9.17) is 14.6 Å². The van der Waals surface area contributed by atoms with Gasteiger partial charge in [0.05, 0.1) is 10.3 Å². The second kappa shape index (κ2) is 6.00. The zero-order valence-electron chi connectivity index (χ0n) is 12.7. The highest BCUT2D eigenvalue weighted by atomic mass is 16.8. The first-order valence-electron chi connectivity index (χ1n) is 6.36. The maximum atomic E-state index is 12.0. The van der Waals surface area contributed by atoms with E-state index in [0.29, 0.717) is 0 Å². The van der Waals surface area contributed by atoms with Gasteiger partial charge in [0.1, 0.15) is 0 Å². The van der Waals surface area contributed by atoms with Gasteiger partial charge in [-0.15, -0.1) is 0 Å². The summed E-state index contributed by atoms with van der Waals surface area (Å²) in [5.41, 5.74) is -0.883. The molecule has 0 amide bonds. The molecule has 0 aliphatic heterocycles. The van der Waals surface area contributed by atoms with E-state index < -0.39 is 28.3 Å². The SMILES string of the molecule is CC(C)(C)C(=O)OC(C)(OC(=O)O)c1ccc([N+](=O)[O-])cc1. The summed E-state index contributed by atoms with van der Waals surface area (Å²) >= 11 is 0. The molecule has 1 N–H and O–H groups in total. The third kappa shape index (κ3) is 4.18. The summed E-state index contributed by atoms with van der Waals surface area (Å²) in [6.45, 7) is 6.07. The van der Waals surface area contributed by atoms with Crippen molar-refractivity contribution in [3.8, 4) is 0 Å². The maximum absolute atomic E-state index is 12.0. The third-order valence-electron chi connectivity index (χ3n) is 2.78. The number of benzene rings is 1. The van der Waals surface area contributed by atoms with Crippen molar-refractivity contribution in [2.45, 2.75) is 33.5 Å². The van der Waals surface area contributed by atoms with Crippen LogP contribution in [-0.4, -0.2) is 22.2 Å². The summed E-state index contributed by atoms with van der Waals surface area (Å²) in [6.07, 6.45) is -1.64. The number of rotatable bonds is 4. The lowest BCUT2D eigenvalue weighted by atomic mass is 9.97. The molecule has 0 saturated heterocycles. The molecule has 8 heteroatoms. The Morgan fingerprint density at radius 2 is 1.59 bits per heavy atom. The molecule has 1 atom stereocenters. The molecule has 0 aliphatic carbocycles. The first-order valence-corrected chi connectivity index (χ1v) is 6.36. The predicted molar refractivity (Wildman–Crippen MR) is 75.1 cm³/mol. The van der Waals surface area contributed by atoms with Gasteiger partial charge < -0.3 is 14.6 Å². The van der Waals surface area contributed by atoms with Crippen molar-refractivity contribution in [3.63, 3.8) is 0 Å². The van der Waals surface area contributed by atoms with E-state index in [0.717, 1.165) is 0 Å². The average Bonchev–Trinajstić information content (AvgIpc) is 2.36. The number of ether oxygens (including phenoxy) is 2.